The van der Waals surface area contributed by atoms with Crippen molar-refractivity contribution in [2.45, 2.75) is 61.7 Å². The molecule has 3 heteroatoms. The maximum absolute atomic E-state index is 11.8. The lowest BCUT2D eigenvalue weighted by atomic mass is 9.77. The largest absolute Gasteiger partial charge is 0.380 e. The minimum Gasteiger partial charge on any atom is -0.380 e. The lowest BCUT2D eigenvalue weighted by Gasteiger charge is -2.36. The van der Waals surface area contributed by atoms with Gasteiger partial charge >= 0.3 is 0 Å². The summed E-state index contributed by atoms with van der Waals surface area (Å²) < 4.78 is 0. The molecule has 1 saturated carbocycles. The summed E-state index contributed by atoms with van der Waals surface area (Å²) in [5, 5.41) is 16.0. The first-order valence-electron chi connectivity index (χ1n) is 10.4. The van der Waals surface area contributed by atoms with Crippen LogP contribution in [0.5, 0.6) is 0 Å². The smallest absolute Gasteiger partial charge is 0.118 e. The first kappa shape index (κ1) is 20.4. The summed E-state index contributed by atoms with van der Waals surface area (Å²) in [5.41, 5.74) is 0.951. The quantitative estimate of drug-likeness (QED) is 0.623. The van der Waals surface area contributed by atoms with E-state index in [0.29, 0.717) is 0 Å². The number of hydrogen-bond donors (Lipinski definition) is 2. The van der Waals surface area contributed by atoms with Gasteiger partial charge in [0, 0.05) is 22.6 Å². The minimum atomic E-state index is -0.989. The molecule has 0 spiro atoms. The van der Waals surface area contributed by atoms with Crippen molar-refractivity contribution in [1.82, 2.24) is 5.32 Å². The monoisotopic (exact) mass is 383 g/mol. The van der Waals surface area contributed by atoms with Crippen LogP contribution < -0.4 is 5.32 Å². The van der Waals surface area contributed by atoms with Crippen molar-refractivity contribution in [3.8, 4) is 0 Å². The SMILES string of the molecule is CCNCC(C)C(O)(c1ccccc1)c1ccc(SC2CCCCC2)cc1. The molecule has 2 nitrogen and oxygen atoms in total. The van der Waals surface area contributed by atoms with Gasteiger partial charge in [0.25, 0.3) is 0 Å². The van der Waals surface area contributed by atoms with E-state index in [1.807, 2.05) is 42.1 Å². The fourth-order valence-electron chi connectivity index (χ4n) is 4.10. The molecule has 2 atom stereocenters. The van der Waals surface area contributed by atoms with Crippen LogP contribution in [0.2, 0.25) is 0 Å². The van der Waals surface area contributed by atoms with Crippen molar-refractivity contribution in [3.63, 3.8) is 0 Å². The maximum Gasteiger partial charge on any atom is 0.118 e. The molecule has 0 saturated heterocycles. The summed E-state index contributed by atoms with van der Waals surface area (Å²) >= 11 is 2.01. The van der Waals surface area contributed by atoms with Crippen LogP contribution in [0.1, 0.15) is 57.1 Å². The number of aliphatic hydroxyl groups is 1. The highest BCUT2D eigenvalue weighted by Gasteiger charge is 2.37. The average molecular weight is 384 g/mol. The number of benzene rings is 2. The maximum atomic E-state index is 11.8. The summed E-state index contributed by atoms with van der Waals surface area (Å²) in [5.74, 6) is 0.0664. The predicted molar refractivity (Wildman–Crippen MR) is 116 cm³/mol. The van der Waals surface area contributed by atoms with Gasteiger partial charge in [0.05, 0.1) is 0 Å². The molecule has 0 amide bonds. The Balaban J connectivity index is 1.83. The summed E-state index contributed by atoms with van der Waals surface area (Å²) in [7, 11) is 0. The van der Waals surface area contributed by atoms with E-state index in [9.17, 15) is 5.11 Å². The van der Waals surface area contributed by atoms with Gasteiger partial charge in [-0.2, -0.15) is 0 Å². The zero-order valence-corrected chi connectivity index (χ0v) is 17.5. The Bertz CT molecular complexity index is 681. The van der Waals surface area contributed by atoms with E-state index >= 15 is 0 Å². The van der Waals surface area contributed by atoms with Gasteiger partial charge in [-0.1, -0.05) is 75.6 Å². The van der Waals surface area contributed by atoms with Crippen molar-refractivity contribution < 1.29 is 5.11 Å². The summed E-state index contributed by atoms with van der Waals surface area (Å²) in [6, 6.07) is 18.7. The Kier molecular flexibility index (Phi) is 7.40. The highest BCUT2D eigenvalue weighted by Crippen LogP contribution is 2.39. The second kappa shape index (κ2) is 9.77. The molecule has 1 aliphatic carbocycles. The molecule has 0 bridgehead atoms. The second-order valence-corrected chi connectivity index (χ2v) is 9.12. The van der Waals surface area contributed by atoms with Crippen LogP contribution >= 0.6 is 11.8 Å². The number of hydrogen-bond acceptors (Lipinski definition) is 3. The van der Waals surface area contributed by atoms with Gasteiger partial charge in [0.2, 0.25) is 0 Å². The molecule has 0 aliphatic heterocycles. The fraction of sp³-hybridized carbons (Fsp3) is 0.500. The van der Waals surface area contributed by atoms with Crippen molar-refractivity contribution >= 4 is 11.8 Å². The molecule has 2 N–H and O–H groups in total. The van der Waals surface area contributed by atoms with E-state index in [-0.39, 0.29) is 5.92 Å². The van der Waals surface area contributed by atoms with E-state index < -0.39 is 5.60 Å². The lowest BCUT2D eigenvalue weighted by molar-refractivity contribution is 0.0243. The molecular formula is C24H33NOS. The highest BCUT2D eigenvalue weighted by molar-refractivity contribution is 8.00. The van der Waals surface area contributed by atoms with Crippen LogP contribution in [0.4, 0.5) is 0 Å². The average Bonchev–Trinajstić information content (AvgIpc) is 2.73. The number of thioether (sulfide) groups is 1. The normalized spacial score (nSPS) is 18.8. The molecule has 2 unspecified atom stereocenters. The van der Waals surface area contributed by atoms with Crippen LogP contribution in [0.15, 0.2) is 59.5 Å². The highest BCUT2D eigenvalue weighted by atomic mass is 32.2. The molecule has 0 aromatic heterocycles. The topological polar surface area (TPSA) is 32.3 Å². The van der Waals surface area contributed by atoms with Crippen LogP contribution in [-0.4, -0.2) is 23.4 Å². The Morgan fingerprint density at radius 2 is 1.63 bits per heavy atom. The van der Waals surface area contributed by atoms with Gasteiger partial charge < -0.3 is 10.4 Å². The van der Waals surface area contributed by atoms with E-state index in [2.05, 4.69) is 43.4 Å². The zero-order chi connectivity index (χ0) is 19.1. The molecule has 1 aliphatic rings. The molecule has 2 aromatic carbocycles. The molecule has 27 heavy (non-hydrogen) atoms. The Labute approximate surface area is 168 Å². The Morgan fingerprint density at radius 3 is 2.26 bits per heavy atom. The molecular weight excluding hydrogens is 350 g/mol. The van der Waals surface area contributed by atoms with Gasteiger partial charge in [-0.25, -0.2) is 0 Å². The van der Waals surface area contributed by atoms with E-state index in [0.717, 1.165) is 29.5 Å². The van der Waals surface area contributed by atoms with Crippen molar-refractivity contribution in [2.24, 2.45) is 5.92 Å². The lowest BCUT2D eigenvalue weighted by Crippen LogP contribution is -2.40. The first-order chi connectivity index (χ1) is 13.1. The van der Waals surface area contributed by atoms with Crippen LogP contribution in [0.3, 0.4) is 0 Å². The van der Waals surface area contributed by atoms with Crippen molar-refractivity contribution in [1.29, 1.82) is 0 Å². The summed E-state index contributed by atoms with van der Waals surface area (Å²) in [6.07, 6.45) is 6.79. The molecule has 0 heterocycles. The molecule has 1 fully saturated rings. The number of rotatable bonds is 8. The predicted octanol–water partition coefficient (Wildman–Crippen LogP) is 5.59. The molecule has 3 rings (SSSR count). The van der Waals surface area contributed by atoms with Gasteiger partial charge in [-0.3, -0.25) is 0 Å². The summed E-state index contributed by atoms with van der Waals surface area (Å²) in [4.78, 5) is 1.32. The Morgan fingerprint density at radius 1 is 1.00 bits per heavy atom. The van der Waals surface area contributed by atoms with Gasteiger partial charge in [0.1, 0.15) is 5.60 Å². The van der Waals surface area contributed by atoms with Gasteiger partial charge in [0.15, 0.2) is 0 Å². The third kappa shape index (κ3) is 4.96. The second-order valence-electron chi connectivity index (χ2n) is 7.74. The first-order valence-corrected chi connectivity index (χ1v) is 11.3. The zero-order valence-electron chi connectivity index (χ0n) is 16.7. The number of nitrogens with one attached hydrogen (secondary N) is 1. The van der Waals surface area contributed by atoms with E-state index in [1.54, 1.807) is 0 Å². The standard InChI is InChI=1S/C24H33NOS/c1-3-25-18-19(2)24(26,20-10-6-4-7-11-20)21-14-16-23(17-15-21)27-22-12-8-5-9-13-22/h4,6-7,10-11,14-17,19,22,25-26H,3,5,8-9,12-13,18H2,1-2H3. The summed E-state index contributed by atoms with van der Waals surface area (Å²) in [6.45, 7) is 5.92. The molecule has 2 aromatic rings. The van der Waals surface area contributed by atoms with Gasteiger partial charge in [-0.15, -0.1) is 11.8 Å². The van der Waals surface area contributed by atoms with Crippen LogP contribution in [0, 0.1) is 5.92 Å². The van der Waals surface area contributed by atoms with E-state index in [1.165, 1.54) is 37.0 Å². The minimum absolute atomic E-state index is 0.0664. The van der Waals surface area contributed by atoms with E-state index in [4.69, 9.17) is 0 Å². The third-order valence-electron chi connectivity index (χ3n) is 5.78. The van der Waals surface area contributed by atoms with Crippen LogP contribution in [0.25, 0.3) is 0 Å². The van der Waals surface area contributed by atoms with Crippen molar-refractivity contribution in [3.05, 3.63) is 65.7 Å². The molecule has 0 radical (unpaired) electrons. The molecule has 146 valence electrons. The third-order valence-corrected chi connectivity index (χ3v) is 7.13. The Hall–Kier alpha value is -1.29. The van der Waals surface area contributed by atoms with Crippen molar-refractivity contribution in [2.75, 3.05) is 13.1 Å². The van der Waals surface area contributed by atoms with Crippen LogP contribution in [-0.2, 0) is 5.60 Å². The fourth-order valence-corrected chi connectivity index (χ4v) is 5.35. The van der Waals surface area contributed by atoms with Gasteiger partial charge in [-0.05, 0) is 42.6 Å².